The summed E-state index contributed by atoms with van der Waals surface area (Å²) in [5.41, 5.74) is 8.30. The molecule has 13 nitrogen and oxygen atoms in total. The highest BCUT2D eigenvalue weighted by atomic mass is 16.4. The molecule has 0 aliphatic carbocycles. The van der Waals surface area contributed by atoms with Crippen molar-refractivity contribution < 1.29 is 29.4 Å². The number of hydrogen-bond donors (Lipinski definition) is 8. The van der Waals surface area contributed by atoms with Crippen molar-refractivity contribution in [2.24, 2.45) is 5.73 Å². The molecule has 0 aliphatic rings. The summed E-state index contributed by atoms with van der Waals surface area (Å²) in [7, 11) is 0. The Morgan fingerprint density at radius 1 is 1.00 bits per heavy atom. The number of imidazole rings is 1. The number of nitrogens with one attached hydrogen (secondary N) is 5. The van der Waals surface area contributed by atoms with Gasteiger partial charge in [0.1, 0.15) is 12.1 Å². The Kier molecular flexibility index (Phi) is 8.98. The zero-order valence-electron chi connectivity index (χ0n) is 20.4. The van der Waals surface area contributed by atoms with Crippen LogP contribution in [0, 0.1) is 0 Å². The van der Waals surface area contributed by atoms with Gasteiger partial charge in [0.05, 0.1) is 18.5 Å². The van der Waals surface area contributed by atoms with Crippen molar-refractivity contribution >= 4 is 34.6 Å². The lowest BCUT2D eigenvalue weighted by Crippen LogP contribution is -2.58. The van der Waals surface area contributed by atoms with Crippen LogP contribution in [0.2, 0.25) is 0 Å². The third kappa shape index (κ3) is 7.15. The second-order valence-corrected chi connectivity index (χ2v) is 8.81. The topological polar surface area (TPSA) is 215 Å². The molecule has 37 heavy (non-hydrogen) atoms. The normalized spacial score (nSPS) is 15.2. The van der Waals surface area contributed by atoms with E-state index in [1.54, 1.807) is 12.4 Å². The third-order valence-electron chi connectivity index (χ3n) is 5.86. The fourth-order valence-corrected chi connectivity index (χ4v) is 3.78. The molecule has 0 saturated heterocycles. The SMILES string of the molecule is CC(NC(=O)C(Cc1c[nH]c2ccccc12)NC(=O)C(N)Cc1cnc[nH]1)C(=O)NC(C(=O)O)C(C)O. The van der Waals surface area contributed by atoms with Crippen LogP contribution in [0.5, 0.6) is 0 Å². The molecule has 2 aromatic heterocycles. The number of carboxylic acids is 1. The third-order valence-corrected chi connectivity index (χ3v) is 5.86. The van der Waals surface area contributed by atoms with Gasteiger partial charge in [0, 0.05) is 41.8 Å². The first-order valence-corrected chi connectivity index (χ1v) is 11.7. The highest BCUT2D eigenvalue weighted by Gasteiger charge is 2.30. The summed E-state index contributed by atoms with van der Waals surface area (Å²) in [5, 5.41) is 27.0. The minimum Gasteiger partial charge on any atom is -0.480 e. The number of aliphatic carboxylic acids is 1. The maximum absolute atomic E-state index is 13.2. The number of aromatic amines is 2. The van der Waals surface area contributed by atoms with Crippen LogP contribution in [0.4, 0.5) is 0 Å². The van der Waals surface area contributed by atoms with Gasteiger partial charge in [-0.3, -0.25) is 14.4 Å². The van der Waals surface area contributed by atoms with Crippen LogP contribution in [0.3, 0.4) is 0 Å². The van der Waals surface area contributed by atoms with Crippen molar-refractivity contribution in [2.45, 2.75) is 57.0 Å². The lowest BCUT2D eigenvalue weighted by molar-refractivity contribution is -0.145. The van der Waals surface area contributed by atoms with Gasteiger partial charge in [-0.25, -0.2) is 9.78 Å². The Labute approximate surface area is 212 Å². The number of aliphatic hydroxyl groups is 1. The van der Waals surface area contributed by atoms with Gasteiger partial charge in [-0.05, 0) is 25.5 Å². The highest BCUT2D eigenvalue weighted by molar-refractivity contribution is 5.94. The predicted octanol–water partition coefficient (Wildman–Crippen LogP) is -1.06. The Hall–Kier alpha value is -4.23. The minimum absolute atomic E-state index is 0.0954. The summed E-state index contributed by atoms with van der Waals surface area (Å²) in [6.07, 6.45) is 3.65. The van der Waals surface area contributed by atoms with E-state index in [4.69, 9.17) is 5.73 Å². The van der Waals surface area contributed by atoms with Crippen molar-refractivity contribution in [3.05, 3.63) is 54.2 Å². The van der Waals surface area contributed by atoms with Crippen LogP contribution in [0.15, 0.2) is 43.0 Å². The van der Waals surface area contributed by atoms with Crippen molar-refractivity contribution in [1.29, 1.82) is 0 Å². The van der Waals surface area contributed by atoms with Gasteiger partial charge >= 0.3 is 5.97 Å². The van der Waals surface area contributed by atoms with Gasteiger partial charge < -0.3 is 41.9 Å². The maximum Gasteiger partial charge on any atom is 0.328 e. The molecule has 5 unspecified atom stereocenters. The van der Waals surface area contributed by atoms with Crippen molar-refractivity contribution in [3.63, 3.8) is 0 Å². The number of fused-ring (bicyclic) bond motifs is 1. The Bertz CT molecular complexity index is 1240. The van der Waals surface area contributed by atoms with Crippen LogP contribution in [0.25, 0.3) is 10.9 Å². The first kappa shape index (κ1) is 27.4. The fraction of sp³-hybridized carbons (Fsp3) is 0.375. The summed E-state index contributed by atoms with van der Waals surface area (Å²) in [4.78, 5) is 59.7. The molecule has 3 aromatic rings. The van der Waals surface area contributed by atoms with Crippen molar-refractivity contribution in [1.82, 2.24) is 30.9 Å². The molecule has 0 fully saturated rings. The molecule has 3 amide bonds. The standard InChI is InChI=1S/C24H31N7O6/c1-12(21(33)31-20(13(2)32)24(36)37)29-23(35)19(7-14-9-27-18-6-4-3-5-16(14)18)30-22(34)17(25)8-15-10-26-11-28-15/h3-6,9-13,17,19-20,27,32H,7-8,25H2,1-2H3,(H,26,28)(H,29,35)(H,30,34)(H,31,33)(H,36,37). The number of aliphatic hydroxyl groups excluding tert-OH is 1. The molecule has 0 bridgehead atoms. The van der Waals surface area contributed by atoms with Gasteiger partial charge in [-0.15, -0.1) is 0 Å². The first-order chi connectivity index (χ1) is 17.6. The largest absolute Gasteiger partial charge is 0.480 e. The van der Waals surface area contributed by atoms with E-state index in [0.717, 1.165) is 16.5 Å². The molecule has 198 valence electrons. The van der Waals surface area contributed by atoms with Crippen molar-refractivity contribution in [2.75, 3.05) is 0 Å². The lowest BCUT2D eigenvalue weighted by atomic mass is 10.0. The minimum atomic E-state index is -1.55. The Morgan fingerprint density at radius 2 is 1.73 bits per heavy atom. The Morgan fingerprint density at radius 3 is 2.38 bits per heavy atom. The van der Waals surface area contributed by atoms with E-state index in [9.17, 15) is 29.4 Å². The average Bonchev–Trinajstić information content (AvgIpc) is 3.51. The molecule has 3 rings (SSSR count). The van der Waals surface area contributed by atoms with Gasteiger partial charge in [0.2, 0.25) is 17.7 Å². The molecule has 1 aromatic carbocycles. The second kappa shape index (κ2) is 12.1. The van der Waals surface area contributed by atoms with Crippen LogP contribution in [0.1, 0.15) is 25.1 Å². The van der Waals surface area contributed by atoms with Gasteiger partial charge in [0.15, 0.2) is 6.04 Å². The van der Waals surface area contributed by atoms with Crippen LogP contribution in [-0.2, 0) is 32.0 Å². The molecule has 0 aliphatic heterocycles. The number of carbonyl (C=O) groups excluding carboxylic acids is 3. The molecule has 0 saturated carbocycles. The molecule has 5 atom stereocenters. The highest BCUT2D eigenvalue weighted by Crippen LogP contribution is 2.19. The van der Waals surface area contributed by atoms with E-state index < -0.39 is 54.0 Å². The molecule has 9 N–H and O–H groups in total. The van der Waals surface area contributed by atoms with Crippen LogP contribution < -0.4 is 21.7 Å². The second-order valence-electron chi connectivity index (χ2n) is 8.81. The van der Waals surface area contributed by atoms with Crippen LogP contribution >= 0.6 is 0 Å². The molecule has 2 heterocycles. The number of aromatic nitrogens is 3. The van der Waals surface area contributed by atoms with E-state index in [0.29, 0.717) is 5.69 Å². The zero-order valence-corrected chi connectivity index (χ0v) is 20.4. The maximum atomic E-state index is 13.2. The number of amides is 3. The van der Waals surface area contributed by atoms with Gasteiger partial charge in [-0.2, -0.15) is 0 Å². The van der Waals surface area contributed by atoms with Gasteiger partial charge in [-0.1, -0.05) is 18.2 Å². The molecular weight excluding hydrogens is 482 g/mol. The quantitative estimate of drug-likeness (QED) is 0.149. The predicted molar refractivity (Wildman–Crippen MR) is 133 cm³/mol. The number of rotatable bonds is 12. The summed E-state index contributed by atoms with van der Waals surface area (Å²) >= 11 is 0. The van der Waals surface area contributed by atoms with E-state index in [1.807, 2.05) is 24.3 Å². The number of nitrogens with two attached hydrogens (primary N) is 1. The van der Waals surface area contributed by atoms with E-state index in [1.165, 1.54) is 20.2 Å². The Balaban J connectivity index is 1.75. The van der Waals surface area contributed by atoms with E-state index >= 15 is 0 Å². The van der Waals surface area contributed by atoms with E-state index in [-0.39, 0.29) is 12.8 Å². The number of para-hydroxylation sites is 1. The summed E-state index contributed by atoms with van der Waals surface area (Å²) in [5.74, 6) is -3.47. The molecular formula is C24H31N7O6. The zero-order chi connectivity index (χ0) is 27.1. The number of carbonyl (C=O) groups is 4. The number of nitrogens with zero attached hydrogens (tertiary/aromatic N) is 1. The van der Waals surface area contributed by atoms with Crippen molar-refractivity contribution in [3.8, 4) is 0 Å². The van der Waals surface area contributed by atoms with E-state index in [2.05, 4.69) is 30.9 Å². The number of carboxylic acid groups (broad SMARTS) is 1. The van der Waals surface area contributed by atoms with Gasteiger partial charge in [0.25, 0.3) is 0 Å². The average molecular weight is 514 g/mol. The monoisotopic (exact) mass is 513 g/mol. The fourth-order valence-electron chi connectivity index (χ4n) is 3.78. The molecule has 0 radical (unpaired) electrons. The number of H-pyrrole nitrogens is 2. The lowest BCUT2D eigenvalue weighted by Gasteiger charge is -2.24. The number of benzene rings is 1. The molecule has 0 spiro atoms. The molecule has 13 heteroatoms. The number of hydrogen-bond acceptors (Lipinski definition) is 7. The smallest absolute Gasteiger partial charge is 0.328 e. The summed E-state index contributed by atoms with van der Waals surface area (Å²) in [6.45, 7) is 2.59. The summed E-state index contributed by atoms with van der Waals surface area (Å²) in [6, 6.07) is 2.69. The van der Waals surface area contributed by atoms with Crippen LogP contribution in [-0.4, -0.2) is 79.1 Å². The summed E-state index contributed by atoms with van der Waals surface area (Å²) < 4.78 is 0. The first-order valence-electron chi connectivity index (χ1n) is 11.7.